The third-order valence-electron chi connectivity index (χ3n) is 3.32. The maximum absolute atomic E-state index is 9.89. The molecule has 11 heavy (non-hydrogen) atoms. The van der Waals surface area contributed by atoms with E-state index in [0.29, 0.717) is 11.8 Å². The zero-order valence-electron chi connectivity index (χ0n) is 8.09. The summed E-state index contributed by atoms with van der Waals surface area (Å²) < 4.78 is 0. The molecule has 0 aromatic heterocycles. The van der Waals surface area contributed by atoms with Crippen LogP contribution in [0.2, 0.25) is 0 Å². The van der Waals surface area contributed by atoms with Crippen LogP contribution in [-0.4, -0.2) is 11.2 Å². The molecule has 0 aliphatic heterocycles. The van der Waals surface area contributed by atoms with E-state index in [9.17, 15) is 5.11 Å². The number of rotatable bonds is 3. The first-order valence-electron chi connectivity index (χ1n) is 4.64. The average molecular weight is 156 g/mol. The van der Waals surface area contributed by atoms with Crippen molar-refractivity contribution in [2.75, 3.05) is 0 Å². The van der Waals surface area contributed by atoms with Crippen LogP contribution in [0.15, 0.2) is 0 Å². The minimum atomic E-state index is -0.0810. The first-order chi connectivity index (χ1) is 4.96. The molecule has 1 rings (SSSR count). The van der Waals surface area contributed by atoms with Crippen molar-refractivity contribution in [1.29, 1.82) is 0 Å². The summed E-state index contributed by atoms with van der Waals surface area (Å²) in [5, 5.41) is 9.89. The quantitative estimate of drug-likeness (QED) is 0.665. The predicted molar refractivity (Wildman–Crippen MR) is 47.3 cm³/mol. The molecular weight excluding hydrogens is 136 g/mol. The Kier molecular flexibility index (Phi) is 2.29. The highest BCUT2D eigenvalue weighted by Crippen LogP contribution is 2.43. The van der Waals surface area contributed by atoms with E-state index < -0.39 is 0 Å². The first kappa shape index (κ1) is 9.05. The van der Waals surface area contributed by atoms with E-state index in [4.69, 9.17) is 0 Å². The second-order valence-corrected chi connectivity index (χ2v) is 4.76. The monoisotopic (exact) mass is 156 g/mol. The molecule has 1 heteroatoms. The summed E-state index contributed by atoms with van der Waals surface area (Å²) in [6, 6.07) is 0. The third-order valence-corrected chi connectivity index (χ3v) is 3.32. The fourth-order valence-electron chi connectivity index (χ4n) is 1.36. The summed E-state index contributed by atoms with van der Waals surface area (Å²) >= 11 is 0. The molecule has 1 saturated carbocycles. The van der Waals surface area contributed by atoms with Gasteiger partial charge in [0.15, 0.2) is 0 Å². The standard InChI is InChI=1S/C10H20O/c1-7(2)10(3,4)9(11)8-5-6-8/h7-9,11H,5-6H2,1-4H3. The van der Waals surface area contributed by atoms with E-state index in [1.165, 1.54) is 12.8 Å². The van der Waals surface area contributed by atoms with Crippen molar-refractivity contribution in [3.05, 3.63) is 0 Å². The first-order valence-corrected chi connectivity index (χ1v) is 4.64. The fraction of sp³-hybridized carbons (Fsp3) is 1.00. The van der Waals surface area contributed by atoms with Gasteiger partial charge in [-0.1, -0.05) is 27.7 Å². The molecule has 1 aliphatic rings. The van der Waals surface area contributed by atoms with E-state index >= 15 is 0 Å². The lowest BCUT2D eigenvalue weighted by molar-refractivity contribution is 0.00138. The van der Waals surface area contributed by atoms with E-state index in [2.05, 4.69) is 27.7 Å². The van der Waals surface area contributed by atoms with Crippen LogP contribution in [0.3, 0.4) is 0 Å². The van der Waals surface area contributed by atoms with E-state index in [0.717, 1.165) is 0 Å². The number of hydrogen-bond donors (Lipinski definition) is 1. The number of aliphatic hydroxyl groups excluding tert-OH is 1. The fourth-order valence-corrected chi connectivity index (χ4v) is 1.36. The molecule has 1 nitrogen and oxygen atoms in total. The Labute approximate surface area is 69.8 Å². The number of aliphatic hydroxyl groups is 1. The molecule has 0 amide bonds. The lowest BCUT2D eigenvalue weighted by atomic mass is 9.74. The van der Waals surface area contributed by atoms with Gasteiger partial charge in [-0.15, -0.1) is 0 Å². The molecule has 1 fully saturated rings. The molecule has 0 heterocycles. The van der Waals surface area contributed by atoms with Crippen LogP contribution >= 0.6 is 0 Å². The van der Waals surface area contributed by atoms with Crippen LogP contribution in [-0.2, 0) is 0 Å². The Morgan fingerprint density at radius 1 is 1.27 bits per heavy atom. The van der Waals surface area contributed by atoms with E-state index in [1.54, 1.807) is 0 Å². The highest BCUT2D eigenvalue weighted by Gasteiger charge is 2.41. The molecule has 66 valence electrons. The molecule has 0 aromatic carbocycles. The largest absolute Gasteiger partial charge is 0.392 e. The van der Waals surface area contributed by atoms with Crippen LogP contribution in [0.5, 0.6) is 0 Å². The Balaban J connectivity index is 2.54. The van der Waals surface area contributed by atoms with Crippen LogP contribution in [0.25, 0.3) is 0 Å². The minimum absolute atomic E-state index is 0.0810. The van der Waals surface area contributed by atoms with Crippen LogP contribution in [0, 0.1) is 17.3 Å². The summed E-state index contributed by atoms with van der Waals surface area (Å²) in [7, 11) is 0. The van der Waals surface area contributed by atoms with Gasteiger partial charge in [0.25, 0.3) is 0 Å². The van der Waals surface area contributed by atoms with Gasteiger partial charge in [0.1, 0.15) is 0 Å². The molecule has 1 N–H and O–H groups in total. The predicted octanol–water partition coefficient (Wildman–Crippen LogP) is 2.44. The normalized spacial score (nSPS) is 22.4. The van der Waals surface area contributed by atoms with Gasteiger partial charge in [-0.05, 0) is 30.1 Å². The van der Waals surface area contributed by atoms with Crippen molar-refractivity contribution in [3.63, 3.8) is 0 Å². The second kappa shape index (κ2) is 2.78. The van der Waals surface area contributed by atoms with Crippen LogP contribution in [0.4, 0.5) is 0 Å². The topological polar surface area (TPSA) is 20.2 Å². The SMILES string of the molecule is CC(C)C(C)(C)C(O)C1CC1. The molecule has 1 unspecified atom stereocenters. The van der Waals surface area contributed by atoms with Crippen LogP contribution < -0.4 is 0 Å². The van der Waals surface area contributed by atoms with Crippen molar-refractivity contribution in [3.8, 4) is 0 Å². The van der Waals surface area contributed by atoms with Gasteiger partial charge in [-0.3, -0.25) is 0 Å². The summed E-state index contributed by atoms with van der Waals surface area (Å²) in [4.78, 5) is 0. The highest BCUT2D eigenvalue weighted by molar-refractivity contribution is 4.91. The Hall–Kier alpha value is -0.0400. The van der Waals surface area contributed by atoms with Gasteiger partial charge in [-0.2, -0.15) is 0 Å². The van der Waals surface area contributed by atoms with Crippen molar-refractivity contribution in [2.45, 2.75) is 46.6 Å². The maximum atomic E-state index is 9.89. The van der Waals surface area contributed by atoms with Crippen molar-refractivity contribution < 1.29 is 5.11 Å². The highest BCUT2D eigenvalue weighted by atomic mass is 16.3. The molecule has 0 aromatic rings. The Morgan fingerprint density at radius 3 is 2.00 bits per heavy atom. The lowest BCUT2D eigenvalue weighted by Gasteiger charge is -2.34. The molecular formula is C10H20O. The van der Waals surface area contributed by atoms with E-state index in [-0.39, 0.29) is 11.5 Å². The third kappa shape index (κ3) is 1.76. The van der Waals surface area contributed by atoms with Crippen molar-refractivity contribution in [1.82, 2.24) is 0 Å². The molecule has 0 radical (unpaired) electrons. The summed E-state index contributed by atoms with van der Waals surface area (Å²) in [5.41, 5.74) is 0.0984. The lowest BCUT2D eigenvalue weighted by Crippen LogP contribution is -2.35. The van der Waals surface area contributed by atoms with Gasteiger partial charge in [0, 0.05) is 0 Å². The van der Waals surface area contributed by atoms with Crippen LogP contribution in [0.1, 0.15) is 40.5 Å². The smallest absolute Gasteiger partial charge is 0.0621 e. The second-order valence-electron chi connectivity index (χ2n) is 4.76. The molecule has 1 aliphatic carbocycles. The Bertz CT molecular complexity index is 134. The summed E-state index contributed by atoms with van der Waals surface area (Å²) in [5.74, 6) is 1.17. The van der Waals surface area contributed by atoms with Gasteiger partial charge < -0.3 is 5.11 Å². The van der Waals surface area contributed by atoms with Gasteiger partial charge in [0.05, 0.1) is 6.10 Å². The summed E-state index contributed by atoms with van der Waals surface area (Å²) in [6.45, 7) is 8.71. The molecule has 0 spiro atoms. The molecule has 0 saturated heterocycles. The van der Waals surface area contributed by atoms with Gasteiger partial charge >= 0.3 is 0 Å². The van der Waals surface area contributed by atoms with Crippen molar-refractivity contribution >= 4 is 0 Å². The van der Waals surface area contributed by atoms with Crippen molar-refractivity contribution in [2.24, 2.45) is 17.3 Å². The zero-order chi connectivity index (χ0) is 8.65. The molecule has 0 bridgehead atoms. The minimum Gasteiger partial charge on any atom is -0.392 e. The van der Waals surface area contributed by atoms with Gasteiger partial charge in [-0.25, -0.2) is 0 Å². The number of hydrogen-bond acceptors (Lipinski definition) is 1. The molecule has 1 atom stereocenters. The average Bonchev–Trinajstić information content (AvgIpc) is 2.66. The Morgan fingerprint density at radius 2 is 1.73 bits per heavy atom. The zero-order valence-corrected chi connectivity index (χ0v) is 8.09. The maximum Gasteiger partial charge on any atom is 0.0621 e. The van der Waals surface area contributed by atoms with Gasteiger partial charge in [0.2, 0.25) is 0 Å². The summed E-state index contributed by atoms with van der Waals surface area (Å²) in [6.07, 6.45) is 2.39. The van der Waals surface area contributed by atoms with E-state index in [1.807, 2.05) is 0 Å².